The van der Waals surface area contributed by atoms with Gasteiger partial charge >= 0.3 is 6.18 Å². The summed E-state index contributed by atoms with van der Waals surface area (Å²) in [5.41, 5.74) is 10.7. The first-order valence-electron chi connectivity index (χ1n) is 5.91. The summed E-state index contributed by atoms with van der Waals surface area (Å²) in [7, 11) is 0. The van der Waals surface area contributed by atoms with Crippen molar-refractivity contribution in [3.8, 4) is 0 Å². The van der Waals surface area contributed by atoms with Gasteiger partial charge in [-0.25, -0.2) is 0 Å². The number of guanidine groups is 2. The molecule has 21 heavy (non-hydrogen) atoms. The van der Waals surface area contributed by atoms with Crippen LogP contribution in [0.25, 0.3) is 0 Å². The number of anilines is 1. The summed E-state index contributed by atoms with van der Waals surface area (Å²) in [6.45, 7) is 2.47. The molecule has 0 unspecified atom stereocenters. The average Bonchev–Trinajstić information content (AvgIpc) is 2.35. The Labute approximate surface area is 126 Å². The number of rotatable bonds is 3. The van der Waals surface area contributed by atoms with Crippen LogP contribution in [0.1, 0.15) is 18.9 Å². The largest absolute Gasteiger partial charge is 0.416 e. The molecule has 0 amide bonds. The maximum Gasteiger partial charge on any atom is 0.416 e. The zero-order chi connectivity index (χ0) is 15.2. The van der Waals surface area contributed by atoms with Gasteiger partial charge in [-0.15, -0.1) is 12.4 Å². The molecular weight excluding hydrogens is 307 g/mol. The van der Waals surface area contributed by atoms with E-state index in [4.69, 9.17) is 11.5 Å². The zero-order valence-electron chi connectivity index (χ0n) is 11.3. The third-order valence-electron chi connectivity index (χ3n) is 2.22. The highest BCUT2D eigenvalue weighted by Crippen LogP contribution is 2.29. The molecule has 0 heterocycles. The maximum absolute atomic E-state index is 12.4. The highest BCUT2D eigenvalue weighted by atomic mass is 35.5. The predicted octanol–water partition coefficient (Wildman–Crippen LogP) is 2.58. The quantitative estimate of drug-likeness (QED) is 0.590. The van der Waals surface area contributed by atoms with Crippen LogP contribution in [0.3, 0.4) is 0 Å². The van der Waals surface area contributed by atoms with Gasteiger partial charge in [0.1, 0.15) is 0 Å². The number of benzene rings is 1. The highest BCUT2D eigenvalue weighted by Gasteiger charge is 2.29. The van der Waals surface area contributed by atoms with Gasteiger partial charge in [0.25, 0.3) is 0 Å². The van der Waals surface area contributed by atoms with E-state index >= 15 is 0 Å². The highest BCUT2D eigenvalue weighted by molar-refractivity contribution is 6.00. The monoisotopic (exact) mass is 323 g/mol. The molecule has 0 saturated heterocycles. The summed E-state index contributed by atoms with van der Waals surface area (Å²) in [4.78, 5) is 7.68. The number of hydrogen-bond donors (Lipinski definition) is 3. The van der Waals surface area contributed by atoms with Crippen LogP contribution >= 0.6 is 12.4 Å². The molecule has 0 aromatic heterocycles. The van der Waals surface area contributed by atoms with Crippen LogP contribution in [0.15, 0.2) is 34.3 Å². The molecule has 0 radical (unpaired) electrons. The first kappa shape index (κ1) is 19.0. The van der Waals surface area contributed by atoms with Crippen molar-refractivity contribution in [2.45, 2.75) is 19.5 Å². The van der Waals surface area contributed by atoms with E-state index in [1.807, 2.05) is 6.92 Å². The van der Waals surface area contributed by atoms with Gasteiger partial charge in [0, 0.05) is 12.2 Å². The molecular formula is C12H17ClF3N5. The second-order valence-electron chi connectivity index (χ2n) is 3.94. The molecule has 1 aromatic carbocycles. The number of alkyl halides is 3. The van der Waals surface area contributed by atoms with Crippen molar-refractivity contribution < 1.29 is 13.2 Å². The van der Waals surface area contributed by atoms with Gasteiger partial charge in [0.2, 0.25) is 11.9 Å². The Morgan fingerprint density at radius 3 is 2.24 bits per heavy atom. The minimum atomic E-state index is -4.37. The second kappa shape index (κ2) is 8.35. The minimum absolute atomic E-state index is 0. The van der Waals surface area contributed by atoms with Gasteiger partial charge in [0.15, 0.2) is 0 Å². The Morgan fingerprint density at radius 2 is 1.76 bits per heavy atom. The van der Waals surface area contributed by atoms with E-state index in [9.17, 15) is 13.2 Å². The summed E-state index contributed by atoms with van der Waals surface area (Å²) in [6.07, 6.45) is -3.54. The average molecular weight is 324 g/mol. The van der Waals surface area contributed by atoms with E-state index < -0.39 is 11.7 Å². The summed E-state index contributed by atoms with van der Waals surface area (Å²) in [6, 6.07) is 4.41. The van der Waals surface area contributed by atoms with Crippen molar-refractivity contribution in [3.63, 3.8) is 0 Å². The Balaban J connectivity index is 0.00000400. The molecule has 0 aliphatic carbocycles. The molecule has 0 saturated carbocycles. The van der Waals surface area contributed by atoms with Crippen LogP contribution < -0.4 is 16.8 Å². The van der Waals surface area contributed by atoms with Crippen molar-refractivity contribution in [3.05, 3.63) is 29.8 Å². The van der Waals surface area contributed by atoms with E-state index in [0.29, 0.717) is 12.2 Å². The van der Waals surface area contributed by atoms with Gasteiger partial charge in [-0.05, 0) is 30.7 Å². The summed E-state index contributed by atoms with van der Waals surface area (Å²) in [5, 5.41) is 2.63. The molecule has 0 bridgehead atoms. The lowest BCUT2D eigenvalue weighted by atomic mass is 10.2. The Morgan fingerprint density at radius 1 is 1.19 bits per heavy atom. The fourth-order valence-electron chi connectivity index (χ4n) is 1.30. The molecule has 0 aliphatic heterocycles. The smallest absolute Gasteiger partial charge is 0.369 e. The third-order valence-corrected chi connectivity index (χ3v) is 2.22. The van der Waals surface area contributed by atoms with Gasteiger partial charge in [-0.3, -0.25) is 4.99 Å². The van der Waals surface area contributed by atoms with Crippen molar-refractivity contribution >= 4 is 30.0 Å². The van der Waals surface area contributed by atoms with Crippen molar-refractivity contribution in [2.24, 2.45) is 21.5 Å². The van der Waals surface area contributed by atoms with E-state index in [0.717, 1.165) is 18.6 Å². The molecule has 0 aliphatic rings. The van der Waals surface area contributed by atoms with Crippen LogP contribution in [0.4, 0.5) is 18.9 Å². The number of nitrogens with zero attached hydrogens (tertiary/aromatic N) is 2. The number of hydrogen-bond acceptors (Lipinski definition) is 1. The van der Waals surface area contributed by atoms with E-state index in [1.165, 1.54) is 12.1 Å². The summed E-state index contributed by atoms with van der Waals surface area (Å²) in [5.74, 6) is -0.0223. The Hall–Kier alpha value is -1.96. The molecule has 0 fully saturated rings. The van der Waals surface area contributed by atoms with Crippen LogP contribution in [0, 0.1) is 0 Å². The van der Waals surface area contributed by atoms with Crippen molar-refractivity contribution in [1.82, 2.24) is 0 Å². The maximum atomic E-state index is 12.4. The fourth-order valence-corrected chi connectivity index (χ4v) is 1.30. The molecule has 5 nitrogen and oxygen atoms in total. The van der Waals surface area contributed by atoms with Crippen LogP contribution in [0.5, 0.6) is 0 Å². The van der Waals surface area contributed by atoms with Crippen molar-refractivity contribution in [2.75, 3.05) is 11.9 Å². The lowest BCUT2D eigenvalue weighted by molar-refractivity contribution is -0.137. The SMILES string of the molecule is CCCN=C(N)N=C(N)Nc1ccc(C(F)(F)F)cc1.Cl. The standard InChI is InChI=1S/C12H16F3N5.ClH/c1-2-7-18-10(16)20-11(17)19-9-5-3-8(4-6-9)12(13,14)15;/h3-6H,2,7H2,1H3,(H5,16,17,18,19,20);1H. The number of halogens is 4. The Kier molecular flexibility index (Phi) is 7.57. The van der Waals surface area contributed by atoms with E-state index in [-0.39, 0.29) is 24.3 Å². The molecule has 1 aromatic rings. The molecule has 0 spiro atoms. The zero-order valence-corrected chi connectivity index (χ0v) is 12.1. The fraction of sp³-hybridized carbons (Fsp3) is 0.333. The van der Waals surface area contributed by atoms with Crippen LogP contribution in [0.2, 0.25) is 0 Å². The normalized spacial score (nSPS) is 12.8. The van der Waals surface area contributed by atoms with Crippen LogP contribution in [-0.2, 0) is 6.18 Å². The number of nitrogens with two attached hydrogens (primary N) is 2. The van der Waals surface area contributed by atoms with Gasteiger partial charge in [-0.1, -0.05) is 6.92 Å². The summed E-state index contributed by atoms with van der Waals surface area (Å²) < 4.78 is 37.1. The van der Waals surface area contributed by atoms with Crippen molar-refractivity contribution in [1.29, 1.82) is 0 Å². The Bertz CT molecular complexity index is 497. The van der Waals surface area contributed by atoms with Gasteiger partial charge in [-0.2, -0.15) is 18.2 Å². The molecule has 1 rings (SSSR count). The second-order valence-corrected chi connectivity index (χ2v) is 3.94. The molecule has 5 N–H and O–H groups in total. The number of nitrogens with one attached hydrogen (secondary N) is 1. The van der Waals surface area contributed by atoms with Gasteiger partial charge < -0.3 is 16.8 Å². The lowest BCUT2D eigenvalue weighted by Crippen LogP contribution is -2.26. The van der Waals surface area contributed by atoms with Crippen LogP contribution in [-0.4, -0.2) is 18.5 Å². The topological polar surface area (TPSA) is 88.8 Å². The van der Waals surface area contributed by atoms with E-state index in [2.05, 4.69) is 15.3 Å². The molecule has 118 valence electrons. The molecule has 0 atom stereocenters. The number of aliphatic imine (C=N–C) groups is 2. The minimum Gasteiger partial charge on any atom is -0.369 e. The first-order valence-corrected chi connectivity index (χ1v) is 5.91. The molecule has 9 heteroatoms. The lowest BCUT2D eigenvalue weighted by Gasteiger charge is -2.08. The van der Waals surface area contributed by atoms with Gasteiger partial charge in [0.05, 0.1) is 5.56 Å². The summed E-state index contributed by atoms with van der Waals surface area (Å²) >= 11 is 0. The van der Waals surface area contributed by atoms with E-state index in [1.54, 1.807) is 0 Å². The first-order chi connectivity index (χ1) is 9.32. The third kappa shape index (κ3) is 6.84. The predicted molar refractivity (Wildman–Crippen MR) is 80.7 cm³/mol.